The highest BCUT2D eigenvalue weighted by molar-refractivity contribution is 7.13. The molecule has 1 amide bonds. The molecule has 1 N–H and O–H groups in total. The molecule has 0 aliphatic heterocycles. The van der Waals surface area contributed by atoms with Crippen molar-refractivity contribution in [2.24, 2.45) is 7.05 Å². The molecule has 0 spiro atoms. The van der Waals surface area contributed by atoms with Crippen LogP contribution in [0.1, 0.15) is 21.8 Å². The predicted octanol–water partition coefficient (Wildman–Crippen LogP) is 3.10. The number of amides is 1. The molecule has 0 fully saturated rings. The Morgan fingerprint density at radius 2 is 2.14 bits per heavy atom. The molecule has 10 heteroatoms. The minimum Gasteiger partial charge on any atom is -0.452 e. The summed E-state index contributed by atoms with van der Waals surface area (Å²) in [5.41, 5.74) is 2.18. The van der Waals surface area contributed by atoms with Gasteiger partial charge >= 0.3 is 5.97 Å². The lowest BCUT2D eigenvalue weighted by Gasteiger charge is -2.08. The summed E-state index contributed by atoms with van der Waals surface area (Å²) in [4.78, 5) is 30.4. The first kappa shape index (κ1) is 18.8. The van der Waals surface area contributed by atoms with Gasteiger partial charge in [0.05, 0.1) is 27.2 Å². The van der Waals surface area contributed by atoms with Crippen LogP contribution in [0.15, 0.2) is 34.2 Å². The lowest BCUT2D eigenvalue weighted by molar-refractivity contribution is -0.119. The fraction of sp³-hybridized carbons (Fsp3) is 0.211. The molecule has 0 aromatic carbocycles. The molecule has 4 aromatic rings. The molecule has 0 saturated heterocycles. The van der Waals surface area contributed by atoms with Gasteiger partial charge in [0, 0.05) is 13.1 Å². The van der Waals surface area contributed by atoms with E-state index < -0.39 is 18.5 Å². The Morgan fingerprint density at radius 3 is 2.83 bits per heavy atom. The van der Waals surface area contributed by atoms with Gasteiger partial charge in [-0.05, 0) is 31.4 Å². The van der Waals surface area contributed by atoms with E-state index in [-0.39, 0.29) is 5.82 Å². The third-order valence-electron chi connectivity index (χ3n) is 4.19. The quantitative estimate of drug-likeness (QED) is 0.502. The first-order chi connectivity index (χ1) is 13.9. The number of ether oxygens (including phenoxy) is 1. The summed E-state index contributed by atoms with van der Waals surface area (Å²) in [7, 11) is 1.77. The molecule has 0 atom stereocenters. The van der Waals surface area contributed by atoms with Gasteiger partial charge in [-0.3, -0.25) is 9.48 Å². The highest BCUT2D eigenvalue weighted by Crippen LogP contribution is 2.29. The number of nitrogens with zero attached hydrogens (tertiary/aromatic N) is 4. The van der Waals surface area contributed by atoms with E-state index in [0.29, 0.717) is 33.7 Å². The molecule has 9 nitrogen and oxygen atoms in total. The number of esters is 1. The largest absolute Gasteiger partial charge is 0.452 e. The van der Waals surface area contributed by atoms with Gasteiger partial charge in [0.15, 0.2) is 18.1 Å². The molecule has 0 aliphatic carbocycles. The number of aryl methyl sites for hydroxylation is 3. The number of fused-ring (bicyclic) bond motifs is 1. The average molecular weight is 411 g/mol. The van der Waals surface area contributed by atoms with Crippen LogP contribution in [0.3, 0.4) is 0 Å². The Bertz CT molecular complexity index is 1210. The van der Waals surface area contributed by atoms with Crippen molar-refractivity contribution >= 4 is 40.1 Å². The number of rotatable bonds is 5. The summed E-state index contributed by atoms with van der Waals surface area (Å²) in [6, 6.07) is 7.07. The van der Waals surface area contributed by atoms with E-state index >= 15 is 0 Å². The van der Waals surface area contributed by atoms with Crippen LogP contribution in [-0.2, 0) is 16.6 Å². The fourth-order valence-electron chi connectivity index (χ4n) is 2.97. The highest BCUT2D eigenvalue weighted by Gasteiger charge is 2.21. The molecular formula is C19H17N5O4S. The topological polar surface area (TPSA) is 112 Å². The maximum Gasteiger partial charge on any atom is 0.339 e. The van der Waals surface area contributed by atoms with Gasteiger partial charge in [0.1, 0.15) is 5.76 Å². The number of pyridine rings is 1. The van der Waals surface area contributed by atoms with Crippen molar-refractivity contribution < 1.29 is 18.8 Å². The molecule has 4 aromatic heterocycles. The number of carbonyl (C=O) groups is 2. The standard InChI is InChI=1S/C19H17N5O4S/c1-10-7-15(23-28-10)21-16(25)9-27-19(26)12-8-13(14-5-4-6-29-14)20-18-17(12)11(2)22-24(18)3/h4-8H,9H2,1-3H3,(H,21,23,25). The second kappa shape index (κ2) is 7.47. The molecule has 0 unspecified atom stereocenters. The SMILES string of the molecule is Cc1cc(NC(=O)COC(=O)c2cc(-c3cccs3)nc3c2c(C)nn3C)no1. The van der Waals surface area contributed by atoms with Crippen LogP contribution in [0.4, 0.5) is 5.82 Å². The lowest BCUT2D eigenvalue weighted by Crippen LogP contribution is -2.21. The molecule has 4 rings (SSSR count). The molecule has 0 radical (unpaired) electrons. The van der Waals surface area contributed by atoms with Crippen LogP contribution in [0.2, 0.25) is 0 Å². The van der Waals surface area contributed by atoms with Gasteiger partial charge in [-0.1, -0.05) is 11.2 Å². The molecular weight excluding hydrogens is 394 g/mol. The van der Waals surface area contributed by atoms with E-state index in [2.05, 4.69) is 20.6 Å². The lowest BCUT2D eigenvalue weighted by atomic mass is 10.1. The summed E-state index contributed by atoms with van der Waals surface area (Å²) in [6.45, 7) is 3.05. The summed E-state index contributed by atoms with van der Waals surface area (Å²) in [6.07, 6.45) is 0. The molecule has 148 valence electrons. The van der Waals surface area contributed by atoms with Gasteiger partial charge in [-0.2, -0.15) is 5.10 Å². The van der Waals surface area contributed by atoms with Crippen LogP contribution in [0.5, 0.6) is 0 Å². The minimum absolute atomic E-state index is 0.262. The summed E-state index contributed by atoms with van der Waals surface area (Å²) in [5.74, 6) is -0.321. The molecule has 4 heterocycles. The zero-order valence-electron chi connectivity index (χ0n) is 15.9. The predicted molar refractivity (Wildman–Crippen MR) is 107 cm³/mol. The Labute approximate surface area is 169 Å². The third kappa shape index (κ3) is 3.74. The van der Waals surface area contributed by atoms with Gasteiger partial charge in [0.25, 0.3) is 5.91 Å². The van der Waals surface area contributed by atoms with Gasteiger partial charge < -0.3 is 14.6 Å². The molecule has 0 bridgehead atoms. The first-order valence-electron chi connectivity index (χ1n) is 8.71. The van der Waals surface area contributed by atoms with E-state index in [1.807, 2.05) is 17.5 Å². The van der Waals surface area contributed by atoms with E-state index in [1.54, 1.807) is 37.7 Å². The highest BCUT2D eigenvalue weighted by atomic mass is 32.1. The van der Waals surface area contributed by atoms with E-state index in [1.165, 1.54) is 11.3 Å². The second-order valence-corrected chi connectivity index (χ2v) is 7.33. The second-order valence-electron chi connectivity index (χ2n) is 6.39. The van der Waals surface area contributed by atoms with Gasteiger partial charge in [-0.25, -0.2) is 9.78 Å². The van der Waals surface area contributed by atoms with Crippen LogP contribution < -0.4 is 5.32 Å². The van der Waals surface area contributed by atoms with Crippen LogP contribution in [-0.4, -0.2) is 38.4 Å². The summed E-state index contributed by atoms with van der Waals surface area (Å²) >= 11 is 1.51. The summed E-state index contributed by atoms with van der Waals surface area (Å²) < 4.78 is 11.8. The van der Waals surface area contributed by atoms with E-state index in [0.717, 1.165) is 4.88 Å². The number of aromatic nitrogens is 4. The Hall–Kier alpha value is -3.53. The van der Waals surface area contributed by atoms with Crippen molar-refractivity contribution in [1.82, 2.24) is 19.9 Å². The Balaban J connectivity index is 1.60. The first-order valence-corrected chi connectivity index (χ1v) is 9.59. The maximum atomic E-state index is 12.8. The van der Waals surface area contributed by atoms with Crippen molar-refractivity contribution in [1.29, 1.82) is 0 Å². The number of hydrogen-bond acceptors (Lipinski definition) is 8. The Morgan fingerprint density at radius 1 is 1.31 bits per heavy atom. The van der Waals surface area contributed by atoms with Crippen LogP contribution in [0, 0.1) is 13.8 Å². The summed E-state index contributed by atoms with van der Waals surface area (Å²) in [5, 5.41) is 13.1. The van der Waals surface area contributed by atoms with Crippen molar-refractivity contribution in [3.05, 3.63) is 46.7 Å². The van der Waals surface area contributed by atoms with Crippen molar-refractivity contribution in [3.8, 4) is 10.6 Å². The van der Waals surface area contributed by atoms with Crippen molar-refractivity contribution in [2.45, 2.75) is 13.8 Å². The number of nitrogens with one attached hydrogen (secondary N) is 1. The number of hydrogen-bond donors (Lipinski definition) is 1. The normalized spacial score (nSPS) is 11.0. The maximum absolute atomic E-state index is 12.8. The Kier molecular flexibility index (Phi) is 4.85. The zero-order valence-corrected chi connectivity index (χ0v) is 16.7. The number of anilines is 1. The van der Waals surface area contributed by atoms with Gasteiger partial charge in [0.2, 0.25) is 0 Å². The van der Waals surface area contributed by atoms with E-state index in [4.69, 9.17) is 9.26 Å². The minimum atomic E-state index is -0.627. The van der Waals surface area contributed by atoms with Crippen LogP contribution in [0.25, 0.3) is 21.6 Å². The zero-order chi connectivity index (χ0) is 20.5. The monoisotopic (exact) mass is 411 g/mol. The molecule has 0 aliphatic rings. The molecule has 29 heavy (non-hydrogen) atoms. The van der Waals surface area contributed by atoms with Crippen molar-refractivity contribution in [3.63, 3.8) is 0 Å². The molecule has 0 saturated carbocycles. The number of thiophene rings is 1. The smallest absolute Gasteiger partial charge is 0.339 e. The van der Waals surface area contributed by atoms with E-state index in [9.17, 15) is 9.59 Å². The average Bonchev–Trinajstić information content (AvgIpc) is 3.41. The van der Waals surface area contributed by atoms with Crippen LogP contribution >= 0.6 is 11.3 Å². The fourth-order valence-corrected chi connectivity index (χ4v) is 3.66. The van der Waals surface area contributed by atoms with Gasteiger partial charge in [-0.15, -0.1) is 11.3 Å². The number of carbonyl (C=O) groups excluding carboxylic acids is 2. The van der Waals surface area contributed by atoms with Crippen molar-refractivity contribution in [2.75, 3.05) is 11.9 Å². The third-order valence-corrected chi connectivity index (χ3v) is 5.08.